The van der Waals surface area contributed by atoms with Crippen molar-refractivity contribution in [3.8, 4) is 0 Å². The fourth-order valence-electron chi connectivity index (χ4n) is 1.61. The third-order valence-corrected chi connectivity index (χ3v) is 2.68. The third-order valence-electron chi connectivity index (χ3n) is 2.68. The molecule has 0 fully saturated rings. The summed E-state index contributed by atoms with van der Waals surface area (Å²) in [6, 6.07) is 3.70. The van der Waals surface area contributed by atoms with Gasteiger partial charge < -0.3 is 10.1 Å². The molecule has 18 heavy (non-hydrogen) atoms. The highest BCUT2D eigenvalue weighted by atomic mass is 16.5. The molecule has 1 aromatic rings. The molecule has 0 saturated heterocycles. The van der Waals surface area contributed by atoms with Crippen molar-refractivity contribution in [2.45, 2.75) is 25.9 Å². The van der Waals surface area contributed by atoms with Crippen LogP contribution in [0.3, 0.4) is 0 Å². The first-order valence-corrected chi connectivity index (χ1v) is 6.07. The van der Waals surface area contributed by atoms with Gasteiger partial charge in [-0.3, -0.25) is 15.1 Å². The Morgan fingerprint density at radius 3 is 2.89 bits per heavy atom. The second-order valence-corrected chi connectivity index (χ2v) is 4.18. The number of hydrogen-bond donors (Lipinski definition) is 2. The van der Waals surface area contributed by atoms with E-state index >= 15 is 0 Å². The maximum atomic E-state index is 11.7. The number of hydrogen-bond acceptors (Lipinski definition) is 4. The Hall–Kier alpha value is -1.46. The van der Waals surface area contributed by atoms with Crippen molar-refractivity contribution in [2.75, 3.05) is 20.3 Å². The lowest BCUT2D eigenvalue weighted by atomic mass is 10.1. The van der Waals surface area contributed by atoms with Crippen LogP contribution >= 0.6 is 0 Å². The quantitative estimate of drug-likeness (QED) is 0.706. The number of aromatic nitrogens is 1. The number of pyridine rings is 1. The van der Waals surface area contributed by atoms with Crippen LogP contribution in [0.2, 0.25) is 0 Å². The van der Waals surface area contributed by atoms with Gasteiger partial charge in [-0.25, -0.2) is 0 Å². The number of carbonyl (C=O) groups excluding carboxylic acids is 1. The van der Waals surface area contributed by atoms with Gasteiger partial charge >= 0.3 is 0 Å². The molecule has 0 spiro atoms. The predicted molar refractivity (Wildman–Crippen MR) is 70.1 cm³/mol. The van der Waals surface area contributed by atoms with E-state index in [1.807, 2.05) is 26.0 Å². The molecule has 0 aromatic carbocycles. The molecule has 0 aliphatic rings. The SMILES string of the molecule is COCCNC(=O)C(C)N[C@H](C)c1cccnc1. The summed E-state index contributed by atoms with van der Waals surface area (Å²) in [5.74, 6) is -0.0252. The first kappa shape index (κ1) is 14.6. The summed E-state index contributed by atoms with van der Waals surface area (Å²) in [6.45, 7) is 4.91. The molecule has 1 heterocycles. The monoisotopic (exact) mass is 251 g/mol. The minimum absolute atomic E-state index is 0.0252. The zero-order valence-corrected chi connectivity index (χ0v) is 11.1. The summed E-state index contributed by atoms with van der Waals surface area (Å²) in [5.41, 5.74) is 1.06. The van der Waals surface area contributed by atoms with Crippen molar-refractivity contribution in [2.24, 2.45) is 0 Å². The zero-order valence-electron chi connectivity index (χ0n) is 11.1. The molecule has 0 saturated carbocycles. The van der Waals surface area contributed by atoms with Crippen molar-refractivity contribution in [1.82, 2.24) is 15.6 Å². The number of nitrogens with one attached hydrogen (secondary N) is 2. The summed E-state index contributed by atoms with van der Waals surface area (Å²) in [7, 11) is 1.61. The smallest absolute Gasteiger partial charge is 0.236 e. The number of nitrogens with zero attached hydrogens (tertiary/aromatic N) is 1. The predicted octanol–water partition coefficient (Wildman–Crippen LogP) is 0.883. The average Bonchev–Trinajstić information content (AvgIpc) is 2.39. The van der Waals surface area contributed by atoms with Crippen molar-refractivity contribution >= 4 is 5.91 Å². The molecule has 1 rings (SSSR count). The number of ether oxygens (including phenoxy) is 1. The maximum Gasteiger partial charge on any atom is 0.236 e. The standard InChI is InChI=1S/C13H21N3O2/c1-10(12-5-4-6-14-9-12)16-11(2)13(17)15-7-8-18-3/h4-6,9-11,16H,7-8H2,1-3H3,(H,15,17)/t10-,11?/m1/s1. The van der Waals surface area contributed by atoms with Gasteiger partial charge in [0.15, 0.2) is 0 Å². The van der Waals surface area contributed by atoms with Crippen molar-refractivity contribution in [3.63, 3.8) is 0 Å². The first-order valence-electron chi connectivity index (χ1n) is 6.07. The van der Waals surface area contributed by atoms with Gasteiger partial charge in [0.2, 0.25) is 5.91 Å². The topological polar surface area (TPSA) is 63.2 Å². The third kappa shape index (κ3) is 4.81. The van der Waals surface area contributed by atoms with Crippen LogP contribution in [0.4, 0.5) is 0 Å². The minimum atomic E-state index is -0.253. The highest BCUT2D eigenvalue weighted by Gasteiger charge is 2.15. The van der Waals surface area contributed by atoms with Gasteiger partial charge in [0.1, 0.15) is 0 Å². The molecule has 5 nitrogen and oxygen atoms in total. The normalized spacial score (nSPS) is 13.9. The van der Waals surface area contributed by atoms with Gasteiger partial charge in [0.05, 0.1) is 12.6 Å². The minimum Gasteiger partial charge on any atom is -0.383 e. The fraction of sp³-hybridized carbons (Fsp3) is 0.538. The molecular formula is C13H21N3O2. The average molecular weight is 251 g/mol. The highest BCUT2D eigenvalue weighted by Crippen LogP contribution is 2.10. The number of amides is 1. The molecule has 1 amide bonds. The molecule has 2 atom stereocenters. The Labute approximate surface area is 108 Å². The van der Waals surface area contributed by atoms with Gasteiger partial charge in [-0.1, -0.05) is 6.07 Å². The Bertz CT molecular complexity index is 357. The van der Waals surface area contributed by atoms with E-state index in [9.17, 15) is 4.79 Å². The van der Waals surface area contributed by atoms with E-state index in [1.54, 1.807) is 19.5 Å². The van der Waals surface area contributed by atoms with Gasteiger partial charge in [-0.15, -0.1) is 0 Å². The summed E-state index contributed by atoms with van der Waals surface area (Å²) < 4.78 is 4.88. The van der Waals surface area contributed by atoms with E-state index in [-0.39, 0.29) is 18.0 Å². The lowest BCUT2D eigenvalue weighted by Crippen LogP contribution is -2.44. The summed E-state index contributed by atoms with van der Waals surface area (Å²) >= 11 is 0. The van der Waals surface area contributed by atoms with E-state index in [2.05, 4.69) is 15.6 Å². The molecule has 0 aliphatic carbocycles. The highest BCUT2D eigenvalue weighted by molar-refractivity contribution is 5.81. The van der Waals surface area contributed by atoms with Gasteiger partial charge in [-0.2, -0.15) is 0 Å². The molecule has 0 bridgehead atoms. The van der Waals surface area contributed by atoms with Gasteiger partial charge in [0, 0.05) is 32.1 Å². The summed E-state index contributed by atoms with van der Waals surface area (Å²) in [4.78, 5) is 15.8. The van der Waals surface area contributed by atoms with Crippen LogP contribution in [0.25, 0.3) is 0 Å². The molecule has 0 aliphatic heterocycles. The molecule has 1 aromatic heterocycles. The lowest BCUT2D eigenvalue weighted by Gasteiger charge is -2.19. The second-order valence-electron chi connectivity index (χ2n) is 4.18. The molecule has 5 heteroatoms. The first-order chi connectivity index (χ1) is 8.65. The maximum absolute atomic E-state index is 11.7. The van der Waals surface area contributed by atoms with Crippen LogP contribution in [0.1, 0.15) is 25.5 Å². The largest absolute Gasteiger partial charge is 0.383 e. The number of carbonyl (C=O) groups is 1. The Kier molecular flexibility index (Phi) is 6.32. The van der Waals surface area contributed by atoms with Crippen molar-refractivity contribution < 1.29 is 9.53 Å². The van der Waals surface area contributed by atoms with Crippen molar-refractivity contribution in [1.29, 1.82) is 0 Å². The zero-order chi connectivity index (χ0) is 13.4. The number of methoxy groups -OCH3 is 1. The van der Waals surface area contributed by atoms with Crippen LogP contribution in [-0.4, -0.2) is 37.2 Å². The van der Waals surface area contributed by atoms with Crippen LogP contribution in [0, 0.1) is 0 Å². The van der Waals surface area contributed by atoms with E-state index in [1.165, 1.54) is 0 Å². The van der Waals surface area contributed by atoms with Gasteiger partial charge in [-0.05, 0) is 25.5 Å². The second kappa shape index (κ2) is 7.79. The molecule has 2 N–H and O–H groups in total. The molecule has 1 unspecified atom stereocenters. The molecule has 100 valence electrons. The Morgan fingerprint density at radius 2 is 2.28 bits per heavy atom. The van der Waals surface area contributed by atoms with Crippen LogP contribution < -0.4 is 10.6 Å². The molecular weight excluding hydrogens is 230 g/mol. The molecule has 0 radical (unpaired) electrons. The van der Waals surface area contributed by atoms with E-state index in [0.717, 1.165) is 5.56 Å². The Balaban J connectivity index is 2.39. The Morgan fingerprint density at radius 1 is 1.50 bits per heavy atom. The van der Waals surface area contributed by atoms with E-state index in [4.69, 9.17) is 4.74 Å². The van der Waals surface area contributed by atoms with Crippen LogP contribution in [-0.2, 0) is 9.53 Å². The van der Waals surface area contributed by atoms with E-state index in [0.29, 0.717) is 13.2 Å². The lowest BCUT2D eigenvalue weighted by molar-refractivity contribution is -0.123. The van der Waals surface area contributed by atoms with E-state index < -0.39 is 0 Å². The van der Waals surface area contributed by atoms with Gasteiger partial charge in [0.25, 0.3) is 0 Å². The van der Waals surface area contributed by atoms with Crippen LogP contribution in [0.15, 0.2) is 24.5 Å². The fourth-order valence-corrected chi connectivity index (χ4v) is 1.61. The summed E-state index contributed by atoms with van der Waals surface area (Å²) in [6.07, 6.45) is 3.53. The van der Waals surface area contributed by atoms with Crippen LogP contribution in [0.5, 0.6) is 0 Å². The number of rotatable bonds is 7. The van der Waals surface area contributed by atoms with Crippen molar-refractivity contribution in [3.05, 3.63) is 30.1 Å². The summed E-state index contributed by atoms with van der Waals surface area (Å²) in [5, 5.41) is 6.03.